The topological polar surface area (TPSA) is 119 Å². The molecule has 10 heteroatoms. The number of pyridine rings is 3. The molecule has 1 unspecified atom stereocenters. The second-order valence-electron chi connectivity index (χ2n) is 8.61. The van der Waals surface area contributed by atoms with Gasteiger partial charge in [0.05, 0.1) is 23.2 Å². The summed E-state index contributed by atoms with van der Waals surface area (Å²) in [4.78, 5) is 25.8. The average Bonchev–Trinajstić information content (AvgIpc) is 3.42. The van der Waals surface area contributed by atoms with Crippen LogP contribution in [0.2, 0.25) is 0 Å². The molecule has 1 amide bonds. The van der Waals surface area contributed by atoms with Gasteiger partial charge in [0.2, 0.25) is 5.91 Å². The lowest BCUT2D eigenvalue weighted by Gasteiger charge is -2.15. The molecule has 0 aliphatic heterocycles. The number of hydrogen-bond donors (Lipinski definition) is 2. The Morgan fingerprint density at radius 1 is 1.26 bits per heavy atom. The molecule has 9 nitrogen and oxygen atoms in total. The fraction of sp³-hybridized carbons (Fsp3) is 0.333. The third kappa shape index (κ3) is 4.01. The number of fused-ring (bicyclic) bond motifs is 1. The molecule has 0 spiro atoms. The average molecular weight is 462 g/mol. The molecule has 0 aromatic carbocycles. The van der Waals surface area contributed by atoms with Crippen molar-refractivity contribution in [2.45, 2.75) is 39.0 Å². The van der Waals surface area contributed by atoms with Crippen LogP contribution in [0.1, 0.15) is 37.1 Å². The van der Waals surface area contributed by atoms with Gasteiger partial charge in [0.15, 0.2) is 5.82 Å². The lowest BCUT2D eigenvalue weighted by Crippen LogP contribution is -2.15. The van der Waals surface area contributed by atoms with E-state index in [1.165, 1.54) is 0 Å². The van der Waals surface area contributed by atoms with E-state index in [9.17, 15) is 14.3 Å². The fourth-order valence-electron chi connectivity index (χ4n) is 3.91. The predicted molar refractivity (Wildman–Crippen MR) is 124 cm³/mol. The van der Waals surface area contributed by atoms with E-state index in [4.69, 9.17) is 4.98 Å². The Balaban J connectivity index is 1.62. The Kier molecular flexibility index (Phi) is 5.52. The van der Waals surface area contributed by atoms with Crippen LogP contribution in [0.4, 0.5) is 10.2 Å². The zero-order valence-corrected chi connectivity index (χ0v) is 19.0. The van der Waals surface area contributed by atoms with Crippen molar-refractivity contribution in [3.63, 3.8) is 0 Å². The number of carbonyl (C=O) groups is 1. The summed E-state index contributed by atoms with van der Waals surface area (Å²) in [6, 6.07) is 5.49. The molecule has 2 N–H and O–H groups in total. The minimum absolute atomic E-state index is 0.249. The highest BCUT2D eigenvalue weighted by Crippen LogP contribution is 2.36. The molecular formula is C24H24FN7O2. The van der Waals surface area contributed by atoms with Crippen LogP contribution < -0.4 is 5.32 Å². The zero-order chi connectivity index (χ0) is 24.0. The molecule has 4 aromatic heterocycles. The number of nitrogens with one attached hydrogen (secondary N) is 1. The lowest BCUT2D eigenvalue weighted by molar-refractivity contribution is -0.117. The molecule has 4 heterocycles. The van der Waals surface area contributed by atoms with E-state index in [1.54, 1.807) is 29.4 Å². The third-order valence-electron chi connectivity index (χ3n) is 6.07. The fourth-order valence-corrected chi connectivity index (χ4v) is 3.91. The smallest absolute Gasteiger partial charge is 0.231 e. The monoisotopic (exact) mass is 461 g/mol. The van der Waals surface area contributed by atoms with Gasteiger partial charge >= 0.3 is 0 Å². The van der Waals surface area contributed by atoms with Gasteiger partial charge in [0.1, 0.15) is 24.0 Å². The molecule has 3 atom stereocenters. The number of aryl methyl sites for hydroxylation is 2. The first kappa shape index (κ1) is 22.0. The van der Waals surface area contributed by atoms with Crippen molar-refractivity contribution in [3.8, 4) is 22.6 Å². The highest BCUT2D eigenvalue weighted by Gasteiger charge is 2.43. The third-order valence-corrected chi connectivity index (χ3v) is 6.07. The maximum absolute atomic E-state index is 13.2. The van der Waals surface area contributed by atoms with Gasteiger partial charge < -0.3 is 15.0 Å². The number of hydrogen-bond acceptors (Lipinski definition) is 7. The second kappa shape index (κ2) is 8.53. The van der Waals surface area contributed by atoms with Crippen molar-refractivity contribution in [2.24, 2.45) is 13.0 Å². The maximum Gasteiger partial charge on any atom is 0.231 e. The standard InChI is InChI=1S/C24H24FN7O2/c1-4-20(33)19-5-12(2)16(10-26-19)14-6-13-9-27-21(30-24(34)15-7-17(15)25)8-18(13)29-22(14)23-31-28-11-32(23)3/h5-6,8-11,15,17,20,33H,4,7H2,1-3H3,(H,27,30,34)/t15-,17+,20?/m0/s1. The summed E-state index contributed by atoms with van der Waals surface area (Å²) in [5, 5.41) is 21.8. The van der Waals surface area contributed by atoms with Crippen LogP contribution in [0, 0.1) is 12.8 Å². The van der Waals surface area contributed by atoms with E-state index < -0.39 is 18.2 Å². The van der Waals surface area contributed by atoms with E-state index in [0.717, 1.165) is 22.1 Å². The highest BCUT2D eigenvalue weighted by atomic mass is 19.1. The van der Waals surface area contributed by atoms with Gasteiger partial charge in [0, 0.05) is 42.0 Å². The second-order valence-corrected chi connectivity index (χ2v) is 8.61. The number of alkyl halides is 1. The van der Waals surface area contributed by atoms with Crippen molar-refractivity contribution < 1.29 is 14.3 Å². The number of aromatic nitrogens is 6. The van der Waals surface area contributed by atoms with E-state index in [2.05, 4.69) is 25.5 Å². The van der Waals surface area contributed by atoms with Crippen molar-refractivity contribution in [2.75, 3.05) is 5.32 Å². The molecule has 0 saturated heterocycles. The van der Waals surface area contributed by atoms with Crippen LogP contribution >= 0.6 is 0 Å². The molecule has 0 radical (unpaired) electrons. The minimum Gasteiger partial charge on any atom is -0.387 e. The summed E-state index contributed by atoms with van der Waals surface area (Å²) in [5.74, 6) is -0.0987. The maximum atomic E-state index is 13.2. The molecular weight excluding hydrogens is 437 g/mol. The Hall–Kier alpha value is -3.79. The number of nitrogens with zero attached hydrogens (tertiary/aromatic N) is 6. The van der Waals surface area contributed by atoms with Gasteiger partial charge in [-0.1, -0.05) is 6.92 Å². The minimum atomic E-state index is -1.08. The van der Waals surface area contributed by atoms with Crippen molar-refractivity contribution in [1.82, 2.24) is 29.7 Å². The Morgan fingerprint density at radius 3 is 2.71 bits per heavy atom. The number of aliphatic hydroxyl groups excluding tert-OH is 1. The number of halogens is 1. The quantitative estimate of drug-likeness (QED) is 0.451. The largest absolute Gasteiger partial charge is 0.387 e. The summed E-state index contributed by atoms with van der Waals surface area (Å²) < 4.78 is 15.0. The SMILES string of the molecule is CCC(O)c1cc(C)c(-c2cc3cnc(NC(=O)[C@H]4C[C@H]4F)cc3nc2-c2nncn2C)cn1. The summed E-state index contributed by atoms with van der Waals surface area (Å²) in [6.07, 6.45) is 4.07. The van der Waals surface area contributed by atoms with Gasteiger partial charge in [-0.15, -0.1) is 10.2 Å². The molecule has 1 aliphatic carbocycles. The van der Waals surface area contributed by atoms with Crippen LogP contribution in [0.3, 0.4) is 0 Å². The first-order valence-electron chi connectivity index (χ1n) is 11.1. The van der Waals surface area contributed by atoms with E-state index in [1.807, 2.05) is 33.0 Å². The van der Waals surface area contributed by atoms with Crippen molar-refractivity contribution >= 4 is 22.6 Å². The first-order valence-corrected chi connectivity index (χ1v) is 11.1. The van der Waals surface area contributed by atoms with Gasteiger partial charge in [-0.05, 0) is 37.5 Å². The van der Waals surface area contributed by atoms with Gasteiger partial charge in [-0.25, -0.2) is 14.4 Å². The van der Waals surface area contributed by atoms with Crippen LogP contribution in [-0.4, -0.2) is 46.9 Å². The summed E-state index contributed by atoms with van der Waals surface area (Å²) in [6.45, 7) is 3.86. The highest BCUT2D eigenvalue weighted by molar-refractivity contribution is 5.96. The van der Waals surface area contributed by atoms with Gasteiger partial charge in [0.25, 0.3) is 0 Å². The van der Waals surface area contributed by atoms with Crippen LogP contribution in [-0.2, 0) is 11.8 Å². The number of amides is 1. The zero-order valence-electron chi connectivity index (χ0n) is 19.0. The molecule has 34 heavy (non-hydrogen) atoms. The summed E-state index contributed by atoms with van der Waals surface area (Å²) in [5.41, 5.74) is 4.39. The van der Waals surface area contributed by atoms with E-state index in [-0.39, 0.29) is 12.3 Å². The molecule has 174 valence electrons. The molecule has 5 rings (SSSR count). The van der Waals surface area contributed by atoms with Gasteiger partial charge in [-0.2, -0.15) is 0 Å². The number of rotatable bonds is 6. The number of carbonyl (C=O) groups excluding carboxylic acids is 1. The number of aliphatic hydroxyl groups is 1. The van der Waals surface area contributed by atoms with E-state index >= 15 is 0 Å². The van der Waals surface area contributed by atoms with E-state index in [0.29, 0.717) is 35.0 Å². The molecule has 4 aromatic rings. The number of anilines is 1. The summed E-state index contributed by atoms with van der Waals surface area (Å²) >= 11 is 0. The van der Waals surface area contributed by atoms with Crippen molar-refractivity contribution in [1.29, 1.82) is 0 Å². The van der Waals surface area contributed by atoms with Crippen molar-refractivity contribution in [3.05, 3.63) is 48.2 Å². The van der Waals surface area contributed by atoms with Crippen LogP contribution in [0.25, 0.3) is 33.5 Å². The molecule has 1 saturated carbocycles. The summed E-state index contributed by atoms with van der Waals surface area (Å²) in [7, 11) is 1.83. The molecule has 1 aliphatic rings. The Bertz CT molecular complexity index is 1400. The Morgan fingerprint density at radius 2 is 2.06 bits per heavy atom. The van der Waals surface area contributed by atoms with Crippen LogP contribution in [0.15, 0.2) is 36.9 Å². The first-order chi connectivity index (χ1) is 16.4. The lowest BCUT2D eigenvalue weighted by atomic mass is 9.98. The normalized spacial score (nSPS) is 18.1. The van der Waals surface area contributed by atoms with Gasteiger partial charge in [-0.3, -0.25) is 9.78 Å². The predicted octanol–water partition coefficient (Wildman–Crippen LogP) is 3.54. The molecule has 1 fully saturated rings. The molecule has 0 bridgehead atoms. The van der Waals surface area contributed by atoms with Crippen LogP contribution in [0.5, 0.6) is 0 Å². The Labute approximate surface area is 195 Å².